The maximum atomic E-state index is 5.71. The van der Waals surface area contributed by atoms with Gasteiger partial charge in [-0.3, -0.25) is 0 Å². The standard InChI is InChI=1S/C12H20N4O2/c1-2-3-9-11-14-15-12(16(11)5-4-13-9)10-8-17-6-7-18-10/h9-10,13H,2-8H2,1H3. The van der Waals surface area contributed by atoms with E-state index in [-0.39, 0.29) is 6.10 Å². The second kappa shape index (κ2) is 5.34. The van der Waals surface area contributed by atoms with Crippen LogP contribution in [0.2, 0.25) is 0 Å². The molecule has 2 unspecified atom stereocenters. The van der Waals surface area contributed by atoms with E-state index >= 15 is 0 Å². The molecule has 0 aromatic carbocycles. The lowest BCUT2D eigenvalue weighted by molar-refractivity contribution is -0.0949. The van der Waals surface area contributed by atoms with Crippen LogP contribution in [0.3, 0.4) is 0 Å². The summed E-state index contributed by atoms with van der Waals surface area (Å²) in [5.74, 6) is 1.97. The molecule has 3 heterocycles. The van der Waals surface area contributed by atoms with Crippen molar-refractivity contribution >= 4 is 0 Å². The first-order chi connectivity index (χ1) is 8.90. The summed E-state index contributed by atoms with van der Waals surface area (Å²) in [5.41, 5.74) is 0. The first kappa shape index (κ1) is 12.1. The number of nitrogens with one attached hydrogen (secondary N) is 1. The van der Waals surface area contributed by atoms with Gasteiger partial charge >= 0.3 is 0 Å². The molecule has 1 aromatic rings. The topological polar surface area (TPSA) is 61.2 Å². The van der Waals surface area contributed by atoms with Crippen LogP contribution in [0.5, 0.6) is 0 Å². The van der Waals surface area contributed by atoms with Crippen LogP contribution in [-0.2, 0) is 16.0 Å². The fourth-order valence-electron chi connectivity index (χ4n) is 2.65. The lowest BCUT2D eigenvalue weighted by atomic mass is 10.1. The van der Waals surface area contributed by atoms with E-state index in [9.17, 15) is 0 Å². The molecule has 0 spiro atoms. The van der Waals surface area contributed by atoms with E-state index in [0.29, 0.717) is 25.9 Å². The summed E-state index contributed by atoms with van der Waals surface area (Å²) in [7, 11) is 0. The smallest absolute Gasteiger partial charge is 0.164 e. The molecule has 1 fully saturated rings. The molecule has 0 bridgehead atoms. The molecular weight excluding hydrogens is 232 g/mol. The number of fused-ring (bicyclic) bond motifs is 1. The number of hydrogen-bond donors (Lipinski definition) is 1. The number of aromatic nitrogens is 3. The summed E-state index contributed by atoms with van der Waals surface area (Å²) < 4.78 is 13.4. The highest BCUT2D eigenvalue weighted by molar-refractivity contribution is 5.07. The Bertz CT molecular complexity index is 401. The van der Waals surface area contributed by atoms with Gasteiger partial charge in [0, 0.05) is 13.1 Å². The molecule has 2 atom stereocenters. The number of hydrogen-bond acceptors (Lipinski definition) is 5. The molecule has 1 aromatic heterocycles. The predicted octanol–water partition coefficient (Wildman–Crippen LogP) is 0.810. The molecule has 1 N–H and O–H groups in total. The van der Waals surface area contributed by atoms with Gasteiger partial charge in [0.15, 0.2) is 5.82 Å². The largest absolute Gasteiger partial charge is 0.376 e. The Balaban J connectivity index is 1.84. The van der Waals surface area contributed by atoms with E-state index in [2.05, 4.69) is 27.0 Å². The third-order valence-electron chi connectivity index (χ3n) is 3.53. The number of ether oxygens (including phenoxy) is 2. The summed E-state index contributed by atoms with van der Waals surface area (Å²) >= 11 is 0. The third kappa shape index (κ3) is 2.15. The van der Waals surface area contributed by atoms with Crippen molar-refractivity contribution in [1.29, 1.82) is 0 Å². The summed E-state index contributed by atoms with van der Waals surface area (Å²) in [5, 5.41) is 12.2. The van der Waals surface area contributed by atoms with Crippen molar-refractivity contribution in [2.24, 2.45) is 0 Å². The molecule has 3 rings (SSSR count). The second-order valence-electron chi connectivity index (χ2n) is 4.80. The van der Waals surface area contributed by atoms with Gasteiger partial charge in [0.1, 0.15) is 11.9 Å². The van der Waals surface area contributed by atoms with Crippen molar-refractivity contribution in [1.82, 2.24) is 20.1 Å². The lowest BCUT2D eigenvalue weighted by Crippen LogP contribution is -2.35. The molecule has 100 valence electrons. The molecule has 0 saturated carbocycles. The van der Waals surface area contributed by atoms with Gasteiger partial charge in [-0.05, 0) is 6.42 Å². The number of rotatable bonds is 3. The van der Waals surface area contributed by atoms with Crippen LogP contribution in [0.15, 0.2) is 0 Å². The maximum absolute atomic E-state index is 5.71. The summed E-state index contributed by atoms with van der Waals surface area (Å²) in [6.45, 7) is 5.98. The van der Waals surface area contributed by atoms with Gasteiger partial charge in [-0.25, -0.2) is 0 Å². The fraction of sp³-hybridized carbons (Fsp3) is 0.833. The average Bonchev–Trinajstić information content (AvgIpc) is 2.85. The fourth-order valence-corrected chi connectivity index (χ4v) is 2.65. The molecule has 1 saturated heterocycles. The Kier molecular flexibility index (Phi) is 3.58. The van der Waals surface area contributed by atoms with E-state index in [1.54, 1.807) is 0 Å². The van der Waals surface area contributed by atoms with Crippen molar-refractivity contribution in [3.05, 3.63) is 11.6 Å². The minimum atomic E-state index is -0.0552. The van der Waals surface area contributed by atoms with Crippen LogP contribution in [0.1, 0.15) is 43.6 Å². The number of nitrogens with zero attached hydrogens (tertiary/aromatic N) is 3. The Hall–Kier alpha value is -0.980. The highest BCUT2D eigenvalue weighted by atomic mass is 16.6. The zero-order valence-electron chi connectivity index (χ0n) is 10.8. The van der Waals surface area contributed by atoms with Crippen LogP contribution >= 0.6 is 0 Å². The monoisotopic (exact) mass is 252 g/mol. The molecular formula is C12H20N4O2. The van der Waals surface area contributed by atoms with Crippen LogP contribution in [-0.4, -0.2) is 41.1 Å². The Morgan fingerprint density at radius 3 is 3.00 bits per heavy atom. The molecule has 2 aliphatic rings. The van der Waals surface area contributed by atoms with E-state index in [0.717, 1.165) is 37.6 Å². The summed E-state index contributed by atoms with van der Waals surface area (Å²) in [6.07, 6.45) is 2.18. The van der Waals surface area contributed by atoms with Crippen LogP contribution in [0.25, 0.3) is 0 Å². The van der Waals surface area contributed by atoms with Crippen molar-refractivity contribution in [2.45, 2.75) is 38.5 Å². The van der Waals surface area contributed by atoms with Crippen molar-refractivity contribution in [3.8, 4) is 0 Å². The highest BCUT2D eigenvalue weighted by Crippen LogP contribution is 2.26. The maximum Gasteiger partial charge on any atom is 0.164 e. The Labute approximate surface area is 107 Å². The molecule has 0 aliphatic carbocycles. The molecule has 6 heteroatoms. The molecule has 18 heavy (non-hydrogen) atoms. The molecule has 0 radical (unpaired) electrons. The SMILES string of the molecule is CCCC1NCCn2c1nnc2C1COCCO1. The summed E-state index contributed by atoms with van der Waals surface area (Å²) in [4.78, 5) is 0. The van der Waals surface area contributed by atoms with Crippen molar-refractivity contribution in [2.75, 3.05) is 26.4 Å². The minimum absolute atomic E-state index is 0.0552. The normalized spacial score (nSPS) is 28.1. The van der Waals surface area contributed by atoms with Crippen molar-refractivity contribution in [3.63, 3.8) is 0 Å². The minimum Gasteiger partial charge on any atom is -0.376 e. The molecule has 2 aliphatic heterocycles. The zero-order chi connectivity index (χ0) is 12.4. The van der Waals surface area contributed by atoms with Gasteiger partial charge in [0.2, 0.25) is 0 Å². The predicted molar refractivity (Wildman–Crippen MR) is 65.2 cm³/mol. The van der Waals surface area contributed by atoms with Gasteiger partial charge < -0.3 is 19.4 Å². The van der Waals surface area contributed by atoms with E-state index in [1.807, 2.05) is 0 Å². The third-order valence-corrected chi connectivity index (χ3v) is 3.53. The Morgan fingerprint density at radius 2 is 2.22 bits per heavy atom. The van der Waals surface area contributed by atoms with E-state index in [4.69, 9.17) is 9.47 Å². The van der Waals surface area contributed by atoms with E-state index < -0.39 is 0 Å². The lowest BCUT2D eigenvalue weighted by Gasteiger charge is -2.27. The molecule has 6 nitrogen and oxygen atoms in total. The average molecular weight is 252 g/mol. The van der Waals surface area contributed by atoms with Gasteiger partial charge in [-0.15, -0.1) is 10.2 Å². The van der Waals surface area contributed by atoms with Crippen molar-refractivity contribution < 1.29 is 9.47 Å². The molecule has 0 amide bonds. The quantitative estimate of drug-likeness (QED) is 0.862. The van der Waals surface area contributed by atoms with Crippen LogP contribution in [0, 0.1) is 0 Å². The first-order valence-electron chi connectivity index (χ1n) is 6.76. The van der Waals surface area contributed by atoms with Crippen LogP contribution < -0.4 is 5.32 Å². The highest BCUT2D eigenvalue weighted by Gasteiger charge is 2.29. The first-order valence-corrected chi connectivity index (χ1v) is 6.76. The van der Waals surface area contributed by atoms with Gasteiger partial charge in [0.05, 0.1) is 25.9 Å². The van der Waals surface area contributed by atoms with Gasteiger partial charge in [0.25, 0.3) is 0 Å². The van der Waals surface area contributed by atoms with E-state index in [1.165, 1.54) is 0 Å². The van der Waals surface area contributed by atoms with Gasteiger partial charge in [-0.2, -0.15) is 0 Å². The van der Waals surface area contributed by atoms with Gasteiger partial charge in [-0.1, -0.05) is 13.3 Å². The Morgan fingerprint density at radius 1 is 1.33 bits per heavy atom. The van der Waals surface area contributed by atoms with Crippen LogP contribution in [0.4, 0.5) is 0 Å². The second-order valence-corrected chi connectivity index (χ2v) is 4.80. The zero-order valence-corrected chi connectivity index (χ0v) is 10.8. The summed E-state index contributed by atoms with van der Waals surface area (Å²) in [6, 6.07) is 0.328.